The molecular weight excluding hydrogens is 300 g/mol. The molecule has 2 fully saturated rings. The highest BCUT2D eigenvalue weighted by Gasteiger charge is 2.35. The highest BCUT2D eigenvalue weighted by Crippen LogP contribution is 2.26. The van der Waals surface area contributed by atoms with E-state index in [1.165, 1.54) is 31.2 Å². The fourth-order valence-electron chi connectivity index (χ4n) is 3.79. The van der Waals surface area contributed by atoms with E-state index in [4.69, 9.17) is 0 Å². The van der Waals surface area contributed by atoms with E-state index in [1.54, 1.807) is 4.90 Å². The number of carbonyl (C=O) groups is 2. The molecule has 4 heteroatoms. The maximum atomic E-state index is 12.6. The number of benzene rings is 1. The first-order valence-electron chi connectivity index (χ1n) is 9.37. The first-order chi connectivity index (χ1) is 11.7. The van der Waals surface area contributed by atoms with Crippen molar-refractivity contribution in [3.8, 4) is 0 Å². The summed E-state index contributed by atoms with van der Waals surface area (Å²) < 4.78 is 0. The van der Waals surface area contributed by atoms with E-state index in [2.05, 4.69) is 24.4 Å². The van der Waals surface area contributed by atoms with Gasteiger partial charge in [-0.15, -0.1) is 0 Å². The van der Waals surface area contributed by atoms with Gasteiger partial charge >= 0.3 is 0 Å². The van der Waals surface area contributed by atoms with E-state index >= 15 is 0 Å². The van der Waals surface area contributed by atoms with Crippen LogP contribution in [0.15, 0.2) is 24.3 Å². The smallest absolute Gasteiger partial charge is 0.227 e. The van der Waals surface area contributed by atoms with Gasteiger partial charge in [0.15, 0.2) is 0 Å². The molecule has 0 aromatic heterocycles. The van der Waals surface area contributed by atoms with Crippen molar-refractivity contribution in [1.29, 1.82) is 0 Å². The lowest BCUT2D eigenvalue weighted by molar-refractivity contribution is -0.127. The lowest BCUT2D eigenvalue weighted by Crippen LogP contribution is -2.39. The molecule has 2 aliphatic rings. The number of hydrogen-bond acceptors (Lipinski definition) is 2. The summed E-state index contributed by atoms with van der Waals surface area (Å²) in [6, 6.07) is 8.39. The Morgan fingerprint density at radius 1 is 1.12 bits per heavy atom. The number of carbonyl (C=O) groups excluding carboxylic acids is 2. The van der Waals surface area contributed by atoms with Crippen LogP contribution in [0.25, 0.3) is 0 Å². The molecule has 1 atom stereocenters. The third-order valence-electron chi connectivity index (χ3n) is 5.35. The fraction of sp³-hybridized carbons (Fsp3) is 0.600. The van der Waals surface area contributed by atoms with Crippen LogP contribution in [-0.4, -0.2) is 24.4 Å². The van der Waals surface area contributed by atoms with Gasteiger partial charge in [-0.25, -0.2) is 0 Å². The standard InChI is InChI=1S/C20H28N2O2/c1-2-15-9-11-18(12-10-15)22-14-16(13-19(22)23)20(24)21-17-7-5-3-4-6-8-17/h9-12,16-17H,2-8,13-14H2,1H3,(H,21,24). The van der Waals surface area contributed by atoms with Crippen LogP contribution in [0, 0.1) is 5.92 Å². The summed E-state index contributed by atoms with van der Waals surface area (Å²) >= 11 is 0. The zero-order chi connectivity index (χ0) is 16.9. The summed E-state index contributed by atoms with van der Waals surface area (Å²) in [5, 5.41) is 3.19. The molecule has 2 amide bonds. The molecular formula is C20H28N2O2. The van der Waals surface area contributed by atoms with Crippen LogP contribution < -0.4 is 10.2 Å². The van der Waals surface area contributed by atoms with Gasteiger partial charge < -0.3 is 10.2 Å². The second kappa shape index (κ2) is 7.82. The molecule has 0 radical (unpaired) electrons. The molecule has 1 N–H and O–H groups in total. The molecule has 1 saturated heterocycles. The van der Waals surface area contributed by atoms with E-state index in [0.29, 0.717) is 19.0 Å². The summed E-state index contributed by atoms with van der Waals surface area (Å²) in [4.78, 5) is 26.7. The highest BCUT2D eigenvalue weighted by atomic mass is 16.2. The molecule has 1 aromatic rings. The predicted molar refractivity (Wildman–Crippen MR) is 95.9 cm³/mol. The maximum Gasteiger partial charge on any atom is 0.227 e. The molecule has 1 saturated carbocycles. The average molecular weight is 328 g/mol. The maximum absolute atomic E-state index is 12.6. The van der Waals surface area contributed by atoms with Crippen LogP contribution in [0.2, 0.25) is 0 Å². The minimum Gasteiger partial charge on any atom is -0.353 e. The Balaban J connectivity index is 1.59. The first kappa shape index (κ1) is 17.0. The SMILES string of the molecule is CCc1ccc(N2CC(C(=O)NC3CCCCCC3)CC2=O)cc1. The molecule has 24 heavy (non-hydrogen) atoms. The van der Waals surface area contributed by atoms with Crippen LogP contribution >= 0.6 is 0 Å². The van der Waals surface area contributed by atoms with Gasteiger partial charge in [-0.2, -0.15) is 0 Å². The highest BCUT2D eigenvalue weighted by molar-refractivity contribution is 6.00. The van der Waals surface area contributed by atoms with Crippen LogP contribution in [0.3, 0.4) is 0 Å². The van der Waals surface area contributed by atoms with Gasteiger partial charge in [-0.3, -0.25) is 9.59 Å². The van der Waals surface area contributed by atoms with Crippen molar-refractivity contribution in [2.75, 3.05) is 11.4 Å². The second-order valence-corrected chi connectivity index (χ2v) is 7.12. The monoisotopic (exact) mass is 328 g/mol. The molecule has 1 heterocycles. The van der Waals surface area contributed by atoms with Crippen LogP contribution in [0.4, 0.5) is 5.69 Å². The predicted octanol–water partition coefficient (Wildman–Crippen LogP) is 3.44. The summed E-state index contributed by atoms with van der Waals surface area (Å²) in [7, 11) is 0. The zero-order valence-electron chi connectivity index (χ0n) is 14.6. The van der Waals surface area contributed by atoms with Crippen molar-refractivity contribution < 1.29 is 9.59 Å². The number of hydrogen-bond donors (Lipinski definition) is 1. The molecule has 1 aliphatic heterocycles. The molecule has 3 rings (SSSR count). The number of nitrogens with one attached hydrogen (secondary N) is 1. The van der Waals surface area contributed by atoms with Gasteiger partial charge in [-0.05, 0) is 37.0 Å². The zero-order valence-corrected chi connectivity index (χ0v) is 14.6. The Morgan fingerprint density at radius 2 is 1.79 bits per heavy atom. The Morgan fingerprint density at radius 3 is 2.42 bits per heavy atom. The van der Waals surface area contributed by atoms with E-state index in [-0.39, 0.29) is 17.7 Å². The number of amides is 2. The number of anilines is 1. The van der Waals surface area contributed by atoms with Gasteiger partial charge in [-0.1, -0.05) is 44.7 Å². The summed E-state index contributed by atoms with van der Waals surface area (Å²) in [5.74, 6) is -0.102. The van der Waals surface area contributed by atoms with E-state index < -0.39 is 0 Å². The normalized spacial score (nSPS) is 22.5. The molecule has 0 spiro atoms. The lowest BCUT2D eigenvalue weighted by atomic mass is 10.0. The van der Waals surface area contributed by atoms with Crippen molar-refractivity contribution in [2.24, 2.45) is 5.92 Å². The van der Waals surface area contributed by atoms with Crippen molar-refractivity contribution >= 4 is 17.5 Å². The average Bonchev–Trinajstić information content (AvgIpc) is 2.81. The van der Waals surface area contributed by atoms with Crippen LogP contribution in [0.1, 0.15) is 57.4 Å². The van der Waals surface area contributed by atoms with Gasteiger partial charge in [0.05, 0.1) is 5.92 Å². The molecule has 1 aromatic carbocycles. The topological polar surface area (TPSA) is 49.4 Å². The van der Waals surface area contributed by atoms with Crippen molar-refractivity contribution in [3.05, 3.63) is 29.8 Å². The third kappa shape index (κ3) is 3.97. The minimum absolute atomic E-state index is 0.0558. The Labute approximate surface area is 144 Å². The molecule has 0 bridgehead atoms. The van der Waals surface area contributed by atoms with Crippen LogP contribution in [0.5, 0.6) is 0 Å². The van der Waals surface area contributed by atoms with Gasteiger partial charge in [0, 0.05) is 24.7 Å². The fourth-order valence-corrected chi connectivity index (χ4v) is 3.79. The van der Waals surface area contributed by atoms with E-state index in [1.807, 2.05) is 12.1 Å². The minimum atomic E-state index is -0.216. The first-order valence-corrected chi connectivity index (χ1v) is 9.37. The van der Waals surface area contributed by atoms with E-state index in [0.717, 1.165) is 24.9 Å². The lowest BCUT2D eigenvalue weighted by Gasteiger charge is -2.20. The van der Waals surface area contributed by atoms with Gasteiger partial charge in [0.2, 0.25) is 11.8 Å². The Hall–Kier alpha value is -1.84. The largest absolute Gasteiger partial charge is 0.353 e. The third-order valence-corrected chi connectivity index (χ3v) is 5.35. The van der Waals surface area contributed by atoms with E-state index in [9.17, 15) is 9.59 Å². The van der Waals surface area contributed by atoms with Crippen molar-refractivity contribution in [3.63, 3.8) is 0 Å². The molecule has 130 valence electrons. The number of rotatable bonds is 4. The second-order valence-electron chi connectivity index (χ2n) is 7.12. The number of nitrogens with zero attached hydrogens (tertiary/aromatic N) is 1. The molecule has 1 unspecified atom stereocenters. The Kier molecular flexibility index (Phi) is 5.54. The quantitative estimate of drug-likeness (QED) is 0.861. The number of aryl methyl sites for hydroxylation is 1. The van der Waals surface area contributed by atoms with Gasteiger partial charge in [0.1, 0.15) is 0 Å². The van der Waals surface area contributed by atoms with Crippen molar-refractivity contribution in [1.82, 2.24) is 5.32 Å². The Bertz CT molecular complexity index is 574. The summed E-state index contributed by atoms with van der Waals surface area (Å²) in [6.45, 7) is 2.62. The van der Waals surface area contributed by atoms with Crippen molar-refractivity contribution in [2.45, 2.75) is 64.3 Å². The van der Waals surface area contributed by atoms with Crippen LogP contribution in [-0.2, 0) is 16.0 Å². The summed E-state index contributed by atoms with van der Waals surface area (Å²) in [5.41, 5.74) is 2.16. The van der Waals surface area contributed by atoms with Gasteiger partial charge in [0.25, 0.3) is 0 Å². The molecule has 4 nitrogen and oxygen atoms in total. The summed E-state index contributed by atoms with van der Waals surface area (Å²) in [6.07, 6.45) is 8.42. The molecule has 1 aliphatic carbocycles.